The number of hydrogen-bond acceptors (Lipinski definition) is 5. The van der Waals surface area contributed by atoms with E-state index in [1.54, 1.807) is 0 Å². The van der Waals surface area contributed by atoms with E-state index in [9.17, 15) is 10.2 Å². The summed E-state index contributed by atoms with van der Waals surface area (Å²) in [4.78, 5) is 3.71. The standard InChI is InChI=1S/C8H10ClNO3S/c9-8-5(11)2-1-4(10-8)7(13)6(12)3-14/h1-2,6-7,11-14H,3H2. The highest BCUT2D eigenvalue weighted by molar-refractivity contribution is 7.80. The van der Waals surface area contributed by atoms with E-state index < -0.39 is 12.2 Å². The summed E-state index contributed by atoms with van der Waals surface area (Å²) in [6.07, 6.45) is -2.16. The Kier molecular flexibility index (Phi) is 4.00. The molecule has 3 N–H and O–H groups in total. The smallest absolute Gasteiger partial charge is 0.171 e. The summed E-state index contributed by atoms with van der Waals surface area (Å²) < 4.78 is 0. The average Bonchev–Trinajstić information content (AvgIpc) is 2.20. The number of aromatic hydroxyl groups is 1. The van der Waals surface area contributed by atoms with E-state index in [2.05, 4.69) is 17.6 Å². The molecule has 0 amide bonds. The van der Waals surface area contributed by atoms with Gasteiger partial charge in [0, 0.05) is 5.75 Å². The van der Waals surface area contributed by atoms with Gasteiger partial charge < -0.3 is 15.3 Å². The largest absolute Gasteiger partial charge is 0.505 e. The Morgan fingerprint density at radius 3 is 2.57 bits per heavy atom. The lowest BCUT2D eigenvalue weighted by Crippen LogP contribution is -2.20. The molecule has 1 rings (SSSR count). The number of nitrogens with zero attached hydrogens (tertiary/aromatic N) is 1. The van der Waals surface area contributed by atoms with Crippen molar-refractivity contribution in [2.45, 2.75) is 12.2 Å². The topological polar surface area (TPSA) is 73.6 Å². The lowest BCUT2D eigenvalue weighted by molar-refractivity contribution is 0.0310. The molecule has 1 heterocycles. The van der Waals surface area contributed by atoms with Crippen LogP contribution in [0.15, 0.2) is 12.1 Å². The normalized spacial score (nSPS) is 15.1. The van der Waals surface area contributed by atoms with Crippen LogP contribution in [-0.4, -0.2) is 32.2 Å². The Morgan fingerprint density at radius 2 is 2.07 bits per heavy atom. The van der Waals surface area contributed by atoms with Gasteiger partial charge in [0.2, 0.25) is 0 Å². The molecule has 0 fully saturated rings. The van der Waals surface area contributed by atoms with E-state index in [0.29, 0.717) is 0 Å². The zero-order chi connectivity index (χ0) is 10.7. The van der Waals surface area contributed by atoms with Gasteiger partial charge in [-0.3, -0.25) is 0 Å². The molecule has 78 valence electrons. The maximum absolute atomic E-state index is 9.50. The zero-order valence-corrected chi connectivity index (χ0v) is 8.78. The van der Waals surface area contributed by atoms with Crippen molar-refractivity contribution >= 4 is 24.2 Å². The summed E-state index contributed by atoms with van der Waals surface area (Å²) in [6.45, 7) is 0. The van der Waals surface area contributed by atoms with Crippen LogP contribution in [-0.2, 0) is 0 Å². The van der Waals surface area contributed by atoms with Gasteiger partial charge in [-0.15, -0.1) is 0 Å². The molecule has 0 aromatic carbocycles. The third kappa shape index (κ3) is 2.51. The van der Waals surface area contributed by atoms with Gasteiger partial charge in [0.05, 0.1) is 11.8 Å². The highest BCUT2D eigenvalue weighted by Gasteiger charge is 2.18. The number of hydrogen-bond donors (Lipinski definition) is 4. The van der Waals surface area contributed by atoms with Crippen LogP contribution in [0.25, 0.3) is 0 Å². The molecular formula is C8H10ClNO3S. The summed E-state index contributed by atoms with van der Waals surface area (Å²) in [5.41, 5.74) is 0.203. The Labute approximate surface area is 91.6 Å². The van der Waals surface area contributed by atoms with Crippen molar-refractivity contribution in [3.8, 4) is 5.75 Å². The molecule has 0 aliphatic rings. The van der Waals surface area contributed by atoms with Crippen LogP contribution in [0.4, 0.5) is 0 Å². The second kappa shape index (κ2) is 4.84. The van der Waals surface area contributed by atoms with E-state index in [1.807, 2.05) is 0 Å². The zero-order valence-electron chi connectivity index (χ0n) is 7.13. The van der Waals surface area contributed by atoms with Crippen molar-refractivity contribution in [1.29, 1.82) is 0 Å². The molecular weight excluding hydrogens is 226 g/mol. The van der Waals surface area contributed by atoms with Gasteiger partial charge in [-0.2, -0.15) is 12.6 Å². The Balaban J connectivity index is 2.91. The molecule has 6 heteroatoms. The predicted octanol–water partition coefficient (Wildman–Crippen LogP) is 0.765. The van der Waals surface area contributed by atoms with Crippen LogP contribution in [0.1, 0.15) is 11.8 Å². The van der Waals surface area contributed by atoms with Crippen LogP contribution in [0.5, 0.6) is 5.75 Å². The molecule has 0 saturated heterocycles. The highest BCUT2D eigenvalue weighted by Crippen LogP contribution is 2.24. The lowest BCUT2D eigenvalue weighted by atomic mass is 10.1. The molecule has 4 nitrogen and oxygen atoms in total. The Morgan fingerprint density at radius 1 is 1.43 bits per heavy atom. The summed E-state index contributed by atoms with van der Waals surface area (Å²) in [5.74, 6) is -0.0515. The van der Waals surface area contributed by atoms with E-state index in [4.69, 9.17) is 16.7 Å². The maximum atomic E-state index is 9.50. The summed E-state index contributed by atoms with van der Waals surface area (Å²) in [6, 6.07) is 2.69. The number of halogens is 1. The Bertz CT molecular complexity index is 323. The lowest BCUT2D eigenvalue weighted by Gasteiger charge is -2.15. The third-order valence-corrected chi connectivity index (χ3v) is 2.36. The molecule has 1 aromatic rings. The molecule has 0 radical (unpaired) electrons. The van der Waals surface area contributed by atoms with Crippen LogP contribution < -0.4 is 0 Å². The quantitative estimate of drug-likeness (QED) is 0.461. The number of aliphatic hydroxyl groups excluding tert-OH is 2. The van der Waals surface area contributed by atoms with Gasteiger partial charge in [0.25, 0.3) is 0 Å². The molecule has 2 unspecified atom stereocenters. The van der Waals surface area contributed by atoms with E-state index in [0.717, 1.165) is 0 Å². The first-order chi connectivity index (χ1) is 6.56. The second-order valence-electron chi connectivity index (χ2n) is 2.74. The van der Waals surface area contributed by atoms with Crippen molar-refractivity contribution in [3.05, 3.63) is 23.0 Å². The fourth-order valence-electron chi connectivity index (χ4n) is 0.903. The van der Waals surface area contributed by atoms with Crippen molar-refractivity contribution in [2.75, 3.05) is 5.75 Å². The summed E-state index contributed by atoms with van der Waals surface area (Å²) >= 11 is 9.36. The number of pyridine rings is 1. The second-order valence-corrected chi connectivity index (χ2v) is 3.46. The van der Waals surface area contributed by atoms with Gasteiger partial charge in [-0.25, -0.2) is 4.98 Å². The minimum absolute atomic E-state index is 0.104. The predicted molar refractivity (Wildman–Crippen MR) is 55.7 cm³/mol. The molecule has 0 aliphatic carbocycles. The molecule has 0 aliphatic heterocycles. The first kappa shape index (κ1) is 11.6. The molecule has 2 atom stereocenters. The van der Waals surface area contributed by atoms with Crippen molar-refractivity contribution in [2.24, 2.45) is 0 Å². The van der Waals surface area contributed by atoms with E-state index >= 15 is 0 Å². The van der Waals surface area contributed by atoms with E-state index in [-0.39, 0.29) is 22.3 Å². The minimum Gasteiger partial charge on any atom is -0.505 e. The molecule has 0 spiro atoms. The summed E-state index contributed by atoms with van der Waals surface area (Å²) in [5, 5.41) is 27.7. The molecule has 14 heavy (non-hydrogen) atoms. The Hall–Kier alpha value is -0.490. The van der Waals surface area contributed by atoms with Crippen LogP contribution in [0.3, 0.4) is 0 Å². The average molecular weight is 236 g/mol. The van der Waals surface area contributed by atoms with Gasteiger partial charge in [-0.1, -0.05) is 11.6 Å². The molecule has 0 saturated carbocycles. The minimum atomic E-state index is -1.15. The fourth-order valence-corrected chi connectivity index (χ4v) is 1.26. The third-order valence-electron chi connectivity index (χ3n) is 1.71. The number of aliphatic hydroxyl groups is 2. The van der Waals surface area contributed by atoms with Gasteiger partial charge in [-0.05, 0) is 12.1 Å². The van der Waals surface area contributed by atoms with Crippen molar-refractivity contribution in [1.82, 2.24) is 4.98 Å². The number of thiol groups is 1. The number of rotatable bonds is 3. The van der Waals surface area contributed by atoms with E-state index in [1.165, 1.54) is 12.1 Å². The van der Waals surface area contributed by atoms with Gasteiger partial charge >= 0.3 is 0 Å². The molecule has 1 aromatic heterocycles. The fraction of sp³-hybridized carbons (Fsp3) is 0.375. The van der Waals surface area contributed by atoms with Gasteiger partial charge in [0.1, 0.15) is 6.10 Å². The number of aromatic nitrogens is 1. The SMILES string of the molecule is Oc1ccc(C(O)C(O)CS)nc1Cl. The first-order valence-electron chi connectivity index (χ1n) is 3.88. The van der Waals surface area contributed by atoms with Crippen molar-refractivity contribution in [3.63, 3.8) is 0 Å². The van der Waals surface area contributed by atoms with Crippen molar-refractivity contribution < 1.29 is 15.3 Å². The van der Waals surface area contributed by atoms with Crippen LogP contribution in [0.2, 0.25) is 5.15 Å². The monoisotopic (exact) mass is 235 g/mol. The highest BCUT2D eigenvalue weighted by atomic mass is 35.5. The maximum Gasteiger partial charge on any atom is 0.171 e. The molecule has 0 bridgehead atoms. The van der Waals surface area contributed by atoms with Gasteiger partial charge in [0.15, 0.2) is 10.9 Å². The first-order valence-corrected chi connectivity index (χ1v) is 4.89. The van der Waals surface area contributed by atoms with Crippen LogP contribution in [0, 0.1) is 0 Å². The van der Waals surface area contributed by atoms with Crippen LogP contribution >= 0.6 is 24.2 Å². The summed E-state index contributed by atoms with van der Waals surface area (Å²) in [7, 11) is 0.